The van der Waals surface area contributed by atoms with Gasteiger partial charge in [0.15, 0.2) is 5.65 Å². The van der Waals surface area contributed by atoms with E-state index in [0.717, 1.165) is 16.6 Å². The van der Waals surface area contributed by atoms with Crippen LogP contribution in [0.3, 0.4) is 0 Å². The fraction of sp³-hybridized carbons (Fsp3) is 0.125. The molecule has 0 saturated carbocycles. The van der Waals surface area contributed by atoms with Crippen molar-refractivity contribution >= 4 is 50.1 Å². The lowest BCUT2D eigenvalue weighted by Crippen LogP contribution is -2.14. The summed E-state index contributed by atoms with van der Waals surface area (Å²) < 4.78 is 27.4. The van der Waals surface area contributed by atoms with Crippen LogP contribution in [0.1, 0.15) is 11.3 Å². The van der Waals surface area contributed by atoms with Gasteiger partial charge in [-0.25, -0.2) is 18.4 Å². The lowest BCUT2D eigenvalue weighted by atomic mass is 10.1. The molecular formula is C16H13Cl2N3O2S. The predicted molar refractivity (Wildman–Crippen MR) is 96.3 cm³/mol. The Bertz CT molecular complexity index is 1050. The molecule has 3 rings (SSSR count). The molecule has 0 aliphatic heterocycles. The van der Waals surface area contributed by atoms with E-state index in [1.54, 1.807) is 12.1 Å². The number of hydrogen-bond acceptors (Lipinski definition) is 4. The first-order valence-electron chi connectivity index (χ1n) is 6.99. The zero-order chi connectivity index (χ0) is 17.5. The van der Waals surface area contributed by atoms with E-state index in [4.69, 9.17) is 23.2 Å². The Morgan fingerprint density at radius 1 is 0.958 bits per heavy atom. The number of fused-ring (bicyclic) bond motifs is 1. The van der Waals surface area contributed by atoms with Crippen LogP contribution in [0, 0.1) is 13.8 Å². The molecule has 5 nitrogen and oxygen atoms in total. The molecule has 3 aromatic rings. The van der Waals surface area contributed by atoms with Gasteiger partial charge in [-0.3, -0.25) is 4.72 Å². The summed E-state index contributed by atoms with van der Waals surface area (Å²) in [5.41, 5.74) is 2.34. The Kier molecular flexibility index (Phi) is 4.38. The molecule has 0 unspecified atom stereocenters. The van der Waals surface area contributed by atoms with E-state index in [-0.39, 0.29) is 20.8 Å². The Balaban J connectivity index is 2.00. The number of nitrogens with zero attached hydrogens (tertiary/aromatic N) is 2. The topological polar surface area (TPSA) is 72.0 Å². The van der Waals surface area contributed by atoms with Crippen LogP contribution in [-0.4, -0.2) is 18.4 Å². The maximum Gasteiger partial charge on any atom is 0.263 e. The van der Waals surface area contributed by atoms with Gasteiger partial charge in [-0.1, -0.05) is 23.2 Å². The highest BCUT2D eigenvalue weighted by molar-refractivity contribution is 7.92. The number of aromatic nitrogens is 2. The van der Waals surface area contributed by atoms with Crippen LogP contribution in [0.5, 0.6) is 0 Å². The number of rotatable bonds is 3. The zero-order valence-electron chi connectivity index (χ0n) is 12.8. The van der Waals surface area contributed by atoms with Gasteiger partial charge in [0.05, 0.1) is 14.9 Å². The molecule has 0 radical (unpaired) electrons. The average Bonchev–Trinajstić information content (AvgIpc) is 2.49. The summed E-state index contributed by atoms with van der Waals surface area (Å²) in [5, 5.41) is 1.33. The molecule has 0 saturated heterocycles. The Morgan fingerprint density at radius 3 is 2.42 bits per heavy atom. The Morgan fingerprint density at radius 2 is 1.71 bits per heavy atom. The number of aryl methyl sites for hydroxylation is 2. The van der Waals surface area contributed by atoms with Crippen molar-refractivity contribution in [2.45, 2.75) is 18.7 Å². The lowest BCUT2D eigenvalue weighted by molar-refractivity contribution is 0.601. The second-order valence-electron chi connectivity index (χ2n) is 5.33. The van der Waals surface area contributed by atoms with Crippen molar-refractivity contribution in [2.24, 2.45) is 0 Å². The minimum absolute atomic E-state index is 0.00665. The highest BCUT2D eigenvalue weighted by atomic mass is 35.5. The molecule has 0 bridgehead atoms. The van der Waals surface area contributed by atoms with Gasteiger partial charge in [-0.2, -0.15) is 0 Å². The smallest absolute Gasteiger partial charge is 0.263 e. The van der Waals surface area contributed by atoms with E-state index in [2.05, 4.69) is 14.7 Å². The maximum atomic E-state index is 12.5. The molecule has 1 N–H and O–H groups in total. The maximum absolute atomic E-state index is 12.5. The summed E-state index contributed by atoms with van der Waals surface area (Å²) in [7, 11) is -3.82. The fourth-order valence-corrected chi connectivity index (χ4v) is 3.72. The molecule has 0 aliphatic carbocycles. The van der Waals surface area contributed by atoms with E-state index in [9.17, 15) is 8.42 Å². The SMILES string of the molecule is Cc1cc(C)c2ccc(NS(=O)(=O)c3ccc(Cl)c(Cl)c3)nc2n1. The van der Waals surface area contributed by atoms with Crippen LogP contribution in [0.4, 0.5) is 5.82 Å². The average molecular weight is 382 g/mol. The first-order valence-corrected chi connectivity index (χ1v) is 9.23. The largest absolute Gasteiger partial charge is 0.263 e. The predicted octanol–water partition coefficient (Wildman–Crippen LogP) is 4.35. The van der Waals surface area contributed by atoms with Crippen molar-refractivity contribution in [1.82, 2.24) is 9.97 Å². The molecule has 0 spiro atoms. The zero-order valence-corrected chi connectivity index (χ0v) is 15.2. The van der Waals surface area contributed by atoms with Crippen molar-refractivity contribution in [3.05, 3.63) is 57.7 Å². The van der Waals surface area contributed by atoms with E-state index >= 15 is 0 Å². The van der Waals surface area contributed by atoms with Crippen molar-refractivity contribution in [1.29, 1.82) is 0 Å². The van der Waals surface area contributed by atoms with Crippen LogP contribution >= 0.6 is 23.2 Å². The summed E-state index contributed by atoms with van der Waals surface area (Å²) in [6, 6.07) is 9.44. The molecule has 0 aliphatic rings. The van der Waals surface area contributed by atoms with E-state index in [1.165, 1.54) is 18.2 Å². The second-order valence-corrected chi connectivity index (χ2v) is 7.83. The van der Waals surface area contributed by atoms with Crippen molar-refractivity contribution in [2.75, 3.05) is 4.72 Å². The van der Waals surface area contributed by atoms with Crippen molar-refractivity contribution in [3.8, 4) is 0 Å². The molecule has 0 atom stereocenters. The third-order valence-electron chi connectivity index (χ3n) is 3.45. The summed E-state index contributed by atoms with van der Waals surface area (Å²) in [4.78, 5) is 8.63. The van der Waals surface area contributed by atoms with Crippen LogP contribution in [0.2, 0.25) is 10.0 Å². The van der Waals surface area contributed by atoms with Gasteiger partial charge in [0.2, 0.25) is 0 Å². The number of pyridine rings is 2. The summed E-state index contributed by atoms with van der Waals surface area (Å²) in [6.07, 6.45) is 0. The molecular weight excluding hydrogens is 369 g/mol. The highest BCUT2D eigenvalue weighted by Gasteiger charge is 2.17. The molecule has 0 amide bonds. The minimum Gasteiger partial charge on any atom is -0.263 e. The molecule has 1 aromatic carbocycles. The van der Waals surface area contributed by atoms with Gasteiger partial charge in [-0.15, -0.1) is 0 Å². The van der Waals surface area contributed by atoms with Gasteiger partial charge < -0.3 is 0 Å². The van der Waals surface area contributed by atoms with Gasteiger partial charge in [0.25, 0.3) is 10.0 Å². The van der Waals surface area contributed by atoms with Crippen LogP contribution < -0.4 is 4.72 Å². The van der Waals surface area contributed by atoms with Crippen molar-refractivity contribution < 1.29 is 8.42 Å². The van der Waals surface area contributed by atoms with Crippen molar-refractivity contribution in [3.63, 3.8) is 0 Å². The Hall–Kier alpha value is -1.89. The first-order chi connectivity index (χ1) is 11.3. The summed E-state index contributed by atoms with van der Waals surface area (Å²) in [5.74, 6) is 0.186. The van der Waals surface area contributed by atoms with Gasteiger partial charge >= 0.3 is 0 Å². The van der Waals surface area contributed by atoms with Gasteiger partial charge in [0, 0.05) is 11.1 Å². The summed E-state index contributed by atoms with van der Waals surface area (Å²) >= 11 is 11.7. The number of hydrogen-bond donors (Lipinski definition) is 1. The van der Waals surface area contributed by atoms with Crippen LogP contribution in [-0.2, 0) is 10.0 Å². The first kappa shape index (κ1) is 17.0. The Labute approximate surface area is 149 Å². The summed E-state index contributed by atoms with van der Waals surface area (Å²) in [6.45, 7) is 3.82. The molecule has 8 heteroatoms. The quantitative estimate of drug-likeness (QED) is 0.731. The third-order valence-corrected chi connectivity index (χ3v) is 5.54. The number of nitrogens with one attached hydrogen (secondary N) is 1. The third kappa shape index (κ3) is 3.31. The molecule has 24 heavy (non-hydrogen) atoms. The van der Waals surface area contributed by atoms with Gasteiger partial charge in [0.1, 0.15) is 5.82 Å². The lowest BCUT2D eigenvalue weighted by Gasteiger charge is -2.09. The fourth-order valence-electron chi connectivity index (χ4n) is 2.33. The number of halogens is 2. The number of sulfonamides is 1. The van der Waals surface area contributed by atoms with E-state index in [1.807, 2.05) is 19.9 Å². The number of anilines is 1. The second kappa shape index (κ2) is 6.20. The minimum atomic E-state index is -3.82. The molecule has 2 heterocycles. The van der Waals surface area contributed by atoms with Gasteiger partial charge in [-0.05, 0) is 55.8 Å². The molecule has 0 fully saturated rings. The van der Waals surface area contributed by atoms with Crippen LogP contribution in [0.25, 0.3) is 11.0 Å². The highest BCUT2D eigenvalue weighted by Crippen LogP contribution is 2.26. The standard InChI is InChI=1S/C16H13Cl2N3O2S/c1-9-7-10(2)19-16-12(9)4-6-15(20-16)21-24(22,23)11-3-5-13(17)14(18)8-11/h3-8H,1-2H3,(H,19,20,21). The monoisotopic (exact) mass is 381 g/mol. The van der Waals surface area contributed by atoms with Crippen LogP contribution in [0.15, 0.2) is 41.3 Å². The number of benzene rings is 1. The van der Waals surface area contributed by atoms with E-state index < -0.39 is 10.0 Å². The molecule has 124 valence electrons. The molecule has 2 aromatic heterocycles. The normalized spacial score (nSPS) is 11.7. The van der Waals surface area contributed by atoms with E-state index in [0.29, 0.717) is 5.65 Å².